The number of hydrogen-bond acceptors (Lipinski definition) is 3. The van der Waals surface area contributed by atoms with Gasteiger partial charge in [-0.3, -0.25) is 0 Å². The lowest BCUT2D eigenvalue weighted by Crippen LogP contribution is -2.20. The second-order valence-electron chi connectivity index (χ2n) is 5.06. The van der Waals surface area contributed by atoms with E-state index in [0.717, 1.165) is 16.3 Å². The Hall–Kier alpha value is -3.07. The Balaban J connectivity index is 1.77. The second-order valence-corrected chi connectivity index (χ2v) is 5.06. The summed E-state index contributed by atoms with van der Waals surface area (Å²) in [4.78, 5) is 12.1. The Morgan fingerprint density at radius 1 is 0.727 bits per heavy atom. The van der Waals surface area contributed by atoms with Crippen LogP contribution in [-0.2, 0) is 4.79 Å². The number of esters is 1. The van der Waals surface area contributed by atoms with Crippen LogP contribution < -0.4 is 9.47 Å². The summed E-state index contributed by atoms with van der Waals surface area (Å²) in [5.41, 5.74) is 0.888. The topological polar surface area (TPSA) is 35.5 Å². The van der Waals surface area contributed by atoms with Crippen molar-refractivity contribution in [3.63, 3.8) is 0 Å². The predicted molar refractivity (Wildman–Crippen MR) is 84.6 cm³/mol. The molecule has 0 spiro atoms. The first kappa shape index (κ1) is 12.7. The Morgan fingerprint density at radius 3 is 2.00 bits per heavy atom. The van der Waals surface area contributed by atoms with Crippen molar-refractivity contribution in [2.45, 2.75) is 0 Å². The molecule has 0 amide bonds. The maximum atomic E-state index is 12.1. The molecule has 3 aromatic rings. The standard InChI is InChI=1S/C19H12O3/c20-19-18(10-13-6-2-1-3-7-13)21-16-11-14-8-4-5-9-15(14)12-17(16)22-19/h1-12H/b18-10-. The summed E-state index contributed by atoms with van der Waals surface area (Å²) in [5, 5.41) is 2.05. The molecule has 3 heteroatoms. The van der Waals surface area contributed by atoms with Gasteiger partial charge < -0.3 is 9.47 Å². The van der Waals surface area contributed by atoms with E-state index in [-0.39, 0.29) is 5.76 Å². The van der Waals surface area contributed by atoms with Crippen LogP contribution in [0.1, 0.15) is 5.56 Å². The summed E-state index contributed by atoms with van der Waals surface area (Å²) in [5.74, 6) is 0.718. The van der Waals surface area contributed by atoms with Crippen LogP contribution in [0.4, 0.5) is 0 Å². The van der Waals surface area contributed by atoms with Crippen molar-refractivity contribution in [2.75, 3.05) is 0 Å². The molecule has 1 aliphatic heterocycles. The first-order valence-corrected chi connectivity index (χ1v) is 6.99. The molecule has 1 aliphatic rings. The zero-order chi connectivity index (χ0) is 14.9. The average Bonchev–Trinajstić information content (AvgIpc) is 2.55. The quantitative estimate of drug-likeness (QED) is 0.383. The van der Waals surface area contributed by atoms with E-state index in [1.807, 2.05) is 66.7 Å². The summed E-state index contributed by atoms with van der Waals surface area (Å²) in [7, 11) is 0. The Labute approximate surface area is 127 Å². The van der Waals surface area contributed by atoms with Crippen LogP contribution in [0.15, 0.2) is 72.5 Å². The van der Waals surface area contributed by atoms with E-state index in [0.29, 0.717) is 11.5 Å². The highest BCUT2D eigenvalue weighted by Crippen LogP contribution is 2.37. The van der Waals surface area contributed by atoms with Gasteiger partial charge in [0.05, 0.1) is 0 Å². The lowest BCUT2D eigenvalue weighted by atomic mass is 10.1. The first-order chi connectivity index (χ1) is 10.8. The van der Waals surface area contributed by atoms with Crippen LogP contribution in [0.3, 0.4) is 0 Å². The van der Waals surface area contributed by atoms with E-state index in [4.69, 9.17) is 9.47 Å². The molecule has 0 bridgehead atoms. The zero-order valence-corrected chi connectivity index (χ0v) is 11.7. The fourth-order valence-corrected chi connectivity index (χ4v) is 2.46. The fourth-order valence-electron chi connectivity index (χ4n) is 2.46. The Bertz CT molecular complexity index is 895. The molecule has 0 aliphatic carbocycles. The lowest BCUT2D eigenvalue weighted by Gasteiger charge is -2.19. The van der Waals surface area contributed by atoms with Gasteiger partial charge in [-0.05, 0) is 34.5 Å². The van der Waals surface area contributed by atoms with Crippen molar-refractivity contribution in [1.82, 2.24) is 0 Å². The SMILES string of the molecule is O=C1Oc2cc3ccccc3cc2O/C1=C\c1ccccc1. The highest BCUT2D eigenvalue weighted by Gasteiger charge is 2.25. The Kier molecular flexibility index (Phi) is 2.90. The minimum atomic E-state index is -0.480. The highest BCUT2D eigenvalue weighted by molar-refractivity contribution is 5.97. The van der Waals surface area contributed by atoms with Crippen LogP contribution in [0.2, 0.25) is 0 Å². The molecule has 1 heterocycles. The normalized spacial score (nSPS) is 15.3. The average molecular weight is 288 g/mol. The molecule has 0 saturated heterocycles. The molecule has 0 fully saturated rings. The molecule has 0 saturated carbocycles. The first-order valence-electron chi connectivity index (χ1n) is 6.99. The number of carbonyl (C=O) groups excluding carboxylic acids is 1. The van der Waals surface area contributed by atoms with Gasteiger partial charge in [-0.1, -0.05) is 54.6 Å². The van der Waals surface area contributed by atoms with E-state index >= 15 is 0 Å². The monoisotopic (exact) mass is 288 g/mol. The van der Waals surface area contributed by atoms with Gasteiger partial charge >= 0.3 is 5.97 Å². The third-order valence-corrected chi connectivity index (χ3v) is 3.53. The van der Waals surface area contributed by atoms with Crippen molar-refractivity contribution in [2.24, 2.45) is 0 Å². The molecule has 106 valence electrons. The summed E-state index contributed by atoms with van der Waals surface area (Å²) in [6.07, 6.45) is 1.68. The number of ether oxygens (including phenoxy) is 2. The van der Waals surface area contributed by atoms with Gasteiger partial charge in [0.2, 0.25) is 5.76 Å². The van der Waals surface area contributed by atoms with Crippen LogP contribution in [0, 0.1) is 0 Å². The van der Waals surface area contributed by atoms with E-state index in [1.165, 1.54) is 0 Å². The van der Waals surface area contributed by atoms with Crippen molar-refractivity contribution in [3.8, 4) is 11.5 Å². The summed E-state index contributed by atoms with van der Waals surface area (Å²) in [6, 6.07) is 21.1. The van der Waals surface area contributed by atoms with Gasteiger partial charge in [0.25, 0.3) is 0 Å². The lowest BCUT2D eigenvalue weighted by molar-refractivity contribution is -0.133. The molecule has 3 aromatic carbocycles. The number of fused-ring (bicyclic) bond motifs is 2. The largest absolute Gasteiger partial charge is 0.446 e. The molecule has 0 radical (unpaired) electrons. The fraction of sp³-hybridized carbons (Fsp3) is 0. The van der Waals surface area contributed by atoms with Crippen LogP contribution >= 0.6 is 0 Å². The van der Waals surface area contributed by atoms with E-state index in [1.54, 1.807) is 6.08 Å². The zero-order valence-electron chi connectivity index (χ0n) is 11.7. The highest BCUT2D eigenvalue weighted by atomic mass is 16.6. The maximum Gasteiger partial charge on any atom is 0.379 e. The summed E-state index contributed by atoms with van der Waals surface area (Å²) in [6.45, 7) is 0. The van der Waals surface area contributed by atoms with Gasteiger partial charge in [0, 0.05) is 0 Å². The number of hydrogen-bond donors (Lipinski definition) is 0. The molecule has 0 unspecified atom stereocenters. The number of rotatable bonds is 1. The third kappa shape index (κ3) is 2.23. The number of benzene rings is 3. The van der Waals surface area contributed by atoms with Gasteiger partial charge in [-0.2, -0.15) is 0 Å². The molecule has 0 atom stereocenters. The molecule has 0 aromatic heterocycles. The predicted octanol–water partition coefficient (Wildman–Crippen LogP) is 4.18. The number of carbonyl (C=O) groups is 1. The van der Waals surface area contributed by atoms with Gasteiger partial charge in [-0.25, -0.2) is 4.79 Å². The van der Waals surface area contributed by atoms with Gasteiger partial charge in [-0.15, -0.1) is 0 Å². The van der Waals surface area contributed by atoms with Crippen molar-refractivity contribution in [3.05, 3.63) is 78.1 Å². The van der Waals surface area contributed by atoms with Crippen molar-refractivity contribution in [1.29, 1.82) is 0 Å². The molecular weight excluding hydrogens is 276 g/mol. The van der Waals surface area contributed by atoms with E-state index in [2.05, 4.69) is 0 Å². The molecular formula is C19H12O3. The molecule has 3 nitrogen and oxygen atoms in total. The second kappa shape index (κ2) is 5.04. The maximum absolute atomic E-state index is 12.1. The van der Waals surface area contributed by atoms with Crippen molar-refractivity contribution < 1.29 is 14.3 Å². The summed E-state index contributed by atoms with van der Waals surface area (Å²) < 4.78 is 11.1. The van der Waals surface area contributed by atoms with E-state index in [9.17, 15) is 4.79 Å². The molecule has 4 rings (SSSR count). The minimum Gasteiger partial charge on any atom is -0.446 e. The van der Waals surface area contributed by atoms with Crippen LogP contribution in [-0.4, -0.2) is 5.97 Å². The van der Waals surface area contributed by atoms with Gasteiger partial charge in [0.15, 0.2) is 11.5 Å². The van der Waals surface area contributed by atoms with Crippen LogP contribution in [0.25, 0.3) is 16.8 Å². The van der Waals surface area contributed by atoms with Crippen molar-refractivity contribution >= 4 is 22.8 Å². The summed E-state index contributed by atoms with van der Waals surface area (Å²) >= 11 is 0. The minimum absolute atomic E-state index is 0.189. The molecule has 22 heavy (non-hydrogen) atoms. The molecule has 0 N–H and O–H groups in total. The van der Waals surface area contributed by atoms with Gasteiger partial charge in [0.1, 0.15) is 0 Å². The third-order valence-electron chi connectivity index (χ3n) is 3.53. The Morgan fingerprint density at radius 2 is 1.32 bits per heavy atom. The van der Waals surface area contributed by atoms with E-state index < -0.39 is 5.97 Å². The smallest absolute Gasteiger partial charge is 0.379 e. The van der Waals surface area contributed by atoms with Crippen LogP contribution in [0.5, 0.6) is 11.5 Å².